The standard InChI is InChI=1S/C19H21NO4/c1-2-20(15-6-4-3-5-7-15)18(21)13-23-16-10-8-14-9-11-19(22)24-17(14)12-16/h6,8-12H,2-5,7,13H2,1H3. The zero-order valence-electron chi connectivity index (χ0n) is 13.8. The maximum atomic E-state index is 12.5. The minimum atomic E-state index is -0.405. The van der Waals surface area contributed by atoms with Crippen LogP contribution in [0.25, 0.3) is 11.0 Å². The summed E-state index contributed by atoms with van der Waals surface area (Å²) in [7, 11) is 0. The van der Waals surface area contributed by atoms with E-state index in [4.69, 9.17) is 9.15 Å². The van der Waals surface area contributed by atoms with E-state index < -0.39 is 5.63 Å². The smallest absolute Gasteiger partial charge is 0.336 e. The van der Waals surface area contributed by atoms with E-state index in [2.05, 4.69) is 6.08 Å². The van der Waals surface area contributed by atoms with E-state index in [1.807, 2.05) is 6.92 Å². The molecule has 0 saturated carbocycles. The SMILES string of the molecule is CCN(C(=O)COc1ccc2ccc(=O)oc2c1)C1=CCCCC1. The minimum absolute atomic E-state index is 0.0340. The first-order chi connectivity index (χ1) is 11.7. The lowest BCUT2D eigenvalue weighted by Crippen LogP contribution is -2.34. The van der Waals surface area contributed by atoms with E-state index >= 15 is 0 Å². The molecular weight excluding hydrogens is 306 g/mol. The predicted octanol–water partition coefficient (Wildman–Crippen LogP) is 3.48. The summed E-state index contributed by atoms with van der Waals surface area (Å²) in [5.41, 5.74) is 1.15. The van der Waals surface area contributed by atoms with Crippen LogP contribution in [0.1, 0.15) is 32.6 Å². The van der Waals surface area contributed by atoms with Crippen LogP contribution in [-0.2, 0) is 4.79 Å². The number of hydrogen-bond acceptors (Lipinski definition) is 4. The molecule has 1 amide bonds. The molecule has 1 aromatic carbocycles. The Kier molecular flexibility index (Phi) is 4.99. The lowest BCUT2D eigenvalue weighted by Gasteiger charge is -2.26. The molecule has 1 aliphatic carbocycles. The summed E-state index contributed by atoms with van der Waals surface area (Å²) >= 11 is 0. The average Bonchev–Trinajstić information content (AvgIpc) is 2.61. The maximum Gasteiger partial charge on any atom is 0.336 e. The summed E-state index contributed by atoms with van der Waals surface area (Å²) in [5.74, 6) is 0.458. The summed E-state index contributed by atoms with van der Waals surface area (Å²) in [6.45, 7) is 2.58. The van der Waals surface area contributed by atoms with Crippen molar-refractivity contribution in [2.45, 2.75) is 32.6 Å². The van der Waals surface area contributed by atoms with Gasteiger partial charge in [-0.3, -0.25) is 4.79 Å². The number of allylic oxidation sites excluding steroid dienone is 2. The Morgan fingerprint density at radius 1 is 1.25 bits per heavy atom. The molecule has 1 heterocycles. The number of benzene rings is 1. The summed E-state index contributed by atoms with van der Waals surface area (Å²) in [6, 6.07) is 8.29. The molecule has 0 saturated heterocycles. The molecule has 0 spiro atoms. The number of fused-ring (bicyclic) bond motifs is 1. The topological polar surface area (TPSA) is 59.8 Å². The van der Waals surface area contributed by atoms with Crippen molar-refractivity contribution in [3.05, 3.63) is 52.5 Å². The van der Waals surface area contributed by atoms with E-state index in [9.17, 15) is 9.59 Å². The van der Waals surface area contributed by atoms with Crippen LogP contribution in [0.5, 0.6) is 5.75 Å². The van der Waals surface area contributed by atoms with Crippen LogP contribution < -0.4 is 10.4 Å². The fourth-order valence-electron chi connectivity index (χ4n) is 2.96. The fraction of sp³-hybridized carbons (Fsp3) is 0.368. The van der Waals surface area contributed by atoms with Gasteiger partial charge in [0, 0.05) is 29.8 Å². The van der Waals surface area contributed by atoms with Crippen molar-refractivity contribution in [2.75, 3.05) is 13.2 Å². The van der Waals surface area contributed by atoms with Crippen molar-refractivity contribution >= 4 is 16.9 Å². The van der Waals surface area contributed by atoms with Crippen LogP contribution in [-0.4, -0.2) is 24.0 Å². The summed E-state index contributed by atoms with van der Waals surface area (Å²) in [5, 5.41) is 0.816. The quantitative estimate of drug-likeness (QED) is 0.789. The largest absolute Gasteiger partial charge is 0.484 e. The van der Waals surface area contributed by atoms with Gasteiger partial charge in [0.1, 0.15) is 11.3 Å². The maximum absolute atomic E-state index is 12.5. The number of carbonyl (C=O) groups is 1. The number of nitrogens with zero attached hydrogens (tertiary/aromatic N) is 1. The minimum Gasteiger partial charge on any atom is -0.484 e. The average molecular weight is 327 g/mol. The Morgan fingerprint density at radius 2 is 2.08 bits per heavy atom. The Hall–Kier alpha value is -2.56. The molecule has 3 rings (SSSR count). The number of ether oxygens (including phenoxy) is 1. The molecule has 0 bridgehead atoms. The lowest BCUT2D eigenvalue weighted by molar-refractivity contribution is -0.131. The van der Waals surface area contributed by atoms with Crippen LogP contribution in [0, 0.1) is 0 Å². The number of likely N-dealkylation sites (N-methyl/N-ethyl adjacent to an activating group) is 1. The van der Waals surface area contributed by atoms with Gasteiger partial charge in [0.05, 0.1) is 0 Å². The highest BCUT2D eigenvalue weighted by atomic mass is 16.5. The third-order valence-corrected chi connectivity index (χ3v) is 4.19. The van der Waals surface area contributed by atoms with E-state index in [0.29, 0.717) is 17.9 Å². The Labute approximate surface area is 140 Å². The third kappa shape index (κ3) is 3.67. The van der Waals surface area contributed by atoms with Gasteiger partial charge in [-0.1, -0.05) is 6.08 Å². The highest BCUT2D eigenvalue weighted by Crippen LogP contribution is 2.22. The van der Waals surface area contributed by atoms with E-state index in [1.54, 1.807) is 29.2 Å². The molecule has 0 aliphatic heterocycles. The van der Waals surface area contributed by atoms with Gasteiger partial charge < -0.3 is 14.1 Å². The van der Waals surface area contributed by atoms with Gasteiger partial charge in [0.15, 0.2) is 6.61 Å². The van der Waals surface area contributed by atoms with Crippen molar-refractivity contribution in [1.82, 2.24) is 4.90 Å². The van der Waals surface area contributed by atoms with Gasteiger partial charge in [0.25, 0.3) is 5.91 Å². The molecule has 0 unspecified atom stereocenters. The van der Waals surface area contributed by atoms with Crippen LogP contribution in [0.3, 0.4) is 0 Å². The number of rotatable bonds is 5. The van der Waals surface area contributed by atoms with Crippen LogP contribution in [0.15, 0.2) is 51.3 Å². The zero-order chi connectivity index (χ0) is 16.9. The lowest BCUT2D eigenvalue weighted by atomic mass is 10.0. The Morgan fingerprint density at radius 3 is 2.83 bits per heavy atom. The van der Waals surface area contributed by atoms with Crippen LogP contribution in [0.4, 0.5) is 0 Å². The van der Waals surface area contributed by atoms with Gasteiger partial charge in [0.2, 0.25) is 0 Å². The van der Waals surface area contributed by atoms with Crippen molar-refractivity contribution < 1.29 is 13.9 Å². The Bertz CT molecular complexity index is 821. The van der Waals surface area contributed by atoms with Crippen molar-refractivity contribution in [3.8, 4) is 5.75 Å². The molecule has 5 heteroatoms. The van der Waals surface area contributed by atoms with E-state index in [0.717, 1.165) is 30.3 Å². The van der Waals surface area contributed by atoms with Gasteiger partial charge in [-0.25, -0.2) is 4.79 Å². The molecule has 1 aliphatic rings. The van der Waals surface area contributed by atoms with Crippen LogP contribution >= 0.6 is 0 Å². The highest BCUT2D eigenvalue weighted by Gasteiger charge is 2.18. The number of carbonyl (C=O) groups excluding carboxylic acids is 1. The van der Waals surface area contributed by atoms with E-state index in [1.165, 1.54) is 12.5 Å². The van der Waals surface area contributed by atoms with Crippen molar-refractivity contribution in [3.63, 3.8) is 0 Å². The molecule has 0 fully saturated rings. The van der Waals surface area contributed by atoms with Crippen molar-refractivity contribution in [2.24, 2.45) is 0 Å². The fourth-order valence-corrected chi connectivity index (χ4v) is 2.96. The summed E-state index contributed by atoms with van der Waals surface area (Å²) in [6.07, 6.45) is 6.44. The third-order valence-electron chi connectivity index (χ3n) is 4.19. The number of amides is 1. The number of hydrogen-bond donors (Lipinski definition) is 0. The molecular formula is C19H21NO4. The van der Waals surface area contributed by atoms with Gasteiger partial charge in [-0.15, -0.1) is 0 Å². The van der Waals surface area contributed by atoms with E-state index in [-0.39, 0.29) is 12.5 Å². The molecule has 0 radical (unpaired) electrons. The Balaban J connectivity index is 1.69. The first-order valence-corrected chi connectivity index (χ1v) is 8.33. The van der Waals surface area contributed by atoms with Gasteiger partial charge in [-0.2, -0.15) is 0 Å². The molecule has 1 aromatic heterocycles. The normalized spacial score (nSPS) is 14.3. The molecule has 0 N–H and O–H groups in total. The molecule has 126 valence electrons. The first-order valence-electron chi connectivity index (χ1n) is 8.33. The highest BCUT2D eigenvalue weighted by molar-refractivity contribution is 5.80. The zero-order valence-corrected chi connectivity index (χ0v) is 13.8. The first kappa shape index (κ1) is 16.3. The second-order valence-corrected chi connectivity index (χ2v) is 5.82. The summed E-state index contributed by atoms with van der Waals surface area (Å²) < 4.78 is 10.7. The predicted molar refractivity (Wildman–Crippen MR) is 91.9 cm³/mol. The van der Waals surface area contributed by atoms with Crippen molar-refractivity contribution in [1.29, 1.82) is 0 Å². The molecule has 0 atom stereocenters. The second kappa shape index (κ2) is 7.34. The molecule has 24 heavy (non-hydrogen) atoms. The van der Waals surface area contributed by atoms with Gasteiger partial charge >= 0.3 is 5.63 Å². The summed E-state index contributed by atoms with van der Waals surface area (Å²) in [4.78, 5) is 25.5. The monoisotopic (exact) mass is 327 g/mol. The second-order valence-electron chi connectivity index (χ2n) is 5.82. The van der Waals surface area contributed by atoms with Gasteiger partial charge in [-0.05, 0) is 50.8 Å². The molecule has 2 aromatic rings. The van der Waals surface area contributed by atoms with Crippen LogP contribution in [0.2, 0.25) is 0 Å². The molecule has 5 nitrogen and oxygen atoms in total.